The lowest BCUT2D eigenvalue weighted by Crippen LogP contribution is -2.22. The number of carbonyl (C=O) groups is 1. The molecule has 1 aliphatic carbocycles. The first kappa shape index (κ1) is 14.9. The minimum atomic E-state index is -0.281. The monoisotopic (exact) mass is 297 g/mol. The van der Waals surface area contributed by atoms with Crippen LogP contribution in [0.5, 0.6) is 0 Å². The first-order valence-electron chi connectivity index (χ1n) is 8.17. The second kappa shape index (κ2) is 6.39. The quantitative estimate of drug-likeness (QED) is 0.794. The molecule has 0 saturated heterocycles. The van der Waals surface area contributed by atoms with Crippen LogP contribution in [-0.4, -0.2) is 17.1 Å². The SMILES string of the molecule is CCOC(=O)[C@@H](C)n1c(-c2ccccc2)cc2c1CCCC2. The third-order valence-corrected chi connectivity index (χ3v) is 4.43. The van der Waals surface area contributed by atoms with Crippen molar-refractivity contribution in [1.82, 2.24) is 4.57 Å². The fourth-order valence-corrected chi connectivity index (χ4v) is 3.37. The van der Waals surface area contributed by atoms with Gasteiger partial charge in [0.15, 0.2) is 0 Å². The van der Waals surface area contributed by atoms with Gasteiger partial charge in [-0.25, -0.2) is 4.79 Å². The predicted octanol–water partition coefficient (Wildman–Crippen LogP) is 4.16. The average molecular weight is 297 g/mol. The molecule has 0 amide bonds. The molecule has 0 fully saturated rings. The van der Waals surface area contributed by atoms with E-state index in [0.29, 0.717) is 6.61 Å². The second-order valence-electron chi connectivity index (χ2n) is 5.87. The summed E-state index contributed by atoms with van der Waals surface area (Å²) >= 11 is 0. The lowest BCUT2D eigenvalue weighted by molar-refractivity contribution is -0.146. The molecule has 3 nitrogen and oxygen atoms in total. The zero-order valence-electron chi connectivity index (χ0n) is 13.3. The van der Waals surface area contributed by atoms with Crippen LogP contribution in [0.2, 0.25) is 0 Å². The Kier molecular flexibility index (Phi) is 4.32. The number of ether oxygens (including phenoxy) is 1. The Morgan fingerprint density at radius 2 is 1.95 bits per heavy atom. The molecule has 0 bridgehead atoms. The van der Waals surface area contributed by atoms with E-state index >= 15 is 0 Å². The molecule has 1 aromatic heterocycles. The number of carbonyl (C=O) groups excluding carboxylic acids is 1. The van der Waals surface area contributed by atoms with Gasteiger partial charge in [0.05, 0.1) is 6.61 Å². The molecular formula is C19H23NO2. The molecule has 2 aromatic rings. The largest absolute Gasteiger partial charge is 0.464 e. The molecular weight excluding hydrogens is 274 g/mol. The number of aryl methyl sites for hydroxylation is 1. The third-order valence-electron chi connectivity index (χ3n) is 4.43. The maximum Gasteiger partial charge on any atom is 0.328 e. The predicted molar refractivity (Wildman–Crippen MR) is 87.9 cm³/mol. The minimum absolute atomic E-state index is 0.149. The lowest BCUT2D eigenvalue weighted by Gasteiger charge is -2.22. The molecule has 0 aliphatic heterocycles. The van der Waals surface area contributed by atoms with Crippen LogP contribution >= 0.6 is 0 Å². The van der Waals surface area contributed by atoms with Gasteiger partial charge in [-0.3, -0.25) is 0 Å². The highest BCUT2D eigenvalue weighted by Gasteiger charge is 2.26. The van der Waals surface area contributed by atoms with E-state index in [9.17, 15) is 4.79 Å². The third kappa shape index (κ3) is 2.68. The van der Waals surface area contributed by atoms with E-state index in [2.05, 4.69) is 22.8 Å². The Morgan fingerprint density at radius 3 is 2.68 bits per heavy atom. The average Bonchev–Trinajstić information content (AvgIpc) is 2.94. The molecule has 22 heavy (non-hydrogen) atoms. The van der Waals surface area contributed by atoms with Crippen molar-refractivity contribution < 1.29 is 9.53 Å². The second-order valence-corrected chi connectivity index (χ2v) is 5.87. The van der Waals surface area contributed by atoms with Crippen LogP contribution in [0.15, 0.2) is 36.4 Å². The van der Waals surface area contributed by atoms with Crippen LogP contribution in [0.1, 0.15) is 44.0 Å². The Bertz CT molecular complexity index is 658. The van der Waals surface area contributed by atoms with Crippen molar-refractivity contribution in [2.75, 3.05) is 6.61 Å². The van der Waals surface area contributed by atoms with Crippen molar-refractivity contribution in [3.63, 3.8) is 0 Å². The van der Waals surface area contributed by atoms with Gasteiger partial charge in [0.2, 0.25) is 0 Å². The summed E-state index contributed by atoms with van der Waals surface area (Å²) < 4.78 is 7.45. The standard InChI is InChI=1S/C19H23NO2/c1-3-22-19(21)14(2)20-17-12-8-7-11-16(17)13-18(20)15-9-5-4-6-10-15/h4-6,9-10,13-14H,3,7-8,11-12H2,1-2H3/t14-/m1/s1. The number of fused-ring (bicyclic) bond motifs is 1. The van der Waals surface area contributed by atoms with Crippen molar-refractivity contribution >= 4 is 5.97 Å². The number of hydrogen-bond donors (Lipinski definition) is 0. The van der Waals surface area contributed by atoms with E-state index in [4.69, 9.17) is 4.74 Å². The normalized spacial score (nSPS) is 15.2. The molecule has 116 valence electrons. The van der Waals surface area contributed by atoms with Gasteiger partial charge in [0.25, 0.3) is 0 Å². The van der Waals surface area contributed by atoms with Gasteiger partial charge in [-0.15, -0.1) is 0 Å². The van der Waals surface area contributed by atoms with E-state index in [1.807, 2.05) is 32.0 Å². The zero-order chi connectivity index (χ0) is 15.5. The van der Waals surface area contributed by atoms with Gasteiger partial charge in [-0.2, -0.15) is 0 Å². The molecule has 0 radical (unpaired) electrons. The molecule has 1 heterocycles. The van der Waals surface area contributed by atoms with Crippen molar-refractivity contribution in [2.24, 2.45) is 0 Å². The Labute approximate surface area is 131 Å². The Hall–Kier alpha value is -2.03. The topological polar surface area (TPSA) is 31.2 Å². The van der Waals surface area contributed by atoms with Crippen molar-refractivity contribution in [3.8, 4) is 11.3 Å². The molecule has 1 aromatic carbocycles. The Balaban J connectivity index is 2.09. The summed E-state index contributed by atoms with van der Waals surface area (Å²) in [7, 11) is 0. The first-order valence-corrected chi connectivity index (χ1v) is 8.17. The Morgan fingerprint density at radius 1 is 1.23 bits per heavy atom. The molecule has 1 atom stereocenters. The first-order chi connectivity index (χ1) is 10.7. The summed E-state index contributed by atoms with van der Waals surface area (Å²) in [5.41, 5.74) is 4.99. The summed E-state index contributed by atoms with van der Waals surface area (Å²) in [6, 6.07) is 12.3. The van der Waals surface area contributed by atoms with E-state index in [1.165, 1.54) is 24.1 Å². The van der Waals surface area contributed by atoms with Gasteiger partial charge < -0.3 is 9.30 Å². The molecule has 1 aliphatic rings. The lowest BCUT2D eigenvalue weighted by atomic mass is 9.98. The van der Waals surface area contributed by atoms with E-state index in [1.54, 1.807) is 0 Å². The number of esters is 1. The highest BCUT2D eigenvalue weighted by atomic mass is 16.5. The number of hydrogen-bond acceptors (Lipinski definition) is 2. The number of nitrogens with zero attached hydrogens (tertiary/aromatic N) is 1. The maximum atomic E-state index is 12.3. The van der Waals surface area contributed by atoms with Gasteiger partial charge in [0.1, 0.15) is 6.04 Å². The summed E-state index contributed by atoms with van der Waals surface area (Å²) in [5.74, 6) is -0.149. The highest BCUT2D eigenvalue weighted by Crippen LogP contribution is 2.34. The van der Waals surface area contributed by atoms with Gasteiger partial charge >= 0.3 is 5.97 Å². The van der Waals surface area contributed by atoms with Crippen molar-refractivity contribution in [3.05, 3.63) is 47.7 Å². The molecule has 3 rings (SSSR count). The summed E-state index contributed by atoms with van der Waals surface area (Å²) in [6.07, 6.45) is 4.59. The number of benzene rings is 1. The zero-order valence-corrected chi connectivity index (χ0v) is 13.3. The summed E-state index contributed by atoms with van der Waals surface area (Å²) in [6.45, 7) is 4.22. The van der Waals surface area contributed by atoms with E-state index in [0.717, 1.165) is 24.1 Å². The highest BCUT2D eigenvalue weighted by molar-refractivity contribution is 5.76. The van der Waals surface area contributed by atoms with Crippen LogP contribution in [-0.2, 0) is 22.4 Å². The fraction of sp³-hybridized carbons (Fsp3) is 0.421. The molecule has 3 heteroatoms. The maximum absolute atomic E-state index is 12.3. The smallest absolute Gasteiger partial charge is 0.328 e. The summed E-state index contributed by atoms with van der Waals surface area (Å²) in [5, 5.41) is 0. The van der Waals surface area contributed by atoms with Crippen LogP contribution in [0.4, 0.5) is 0 Å². The molecule has 0 N–H and O–H groups in total. The number of aromatic nitrogens is 1. The van der Waals surface area contributed by atoms with Crippen molar-refractivity contribution in [1.29, 1.82) is 0 Å². The molecule has 0 spiro atoms. The summed E-state index contributed by atoms with van der Waals surface area (Å²) in [4.78, 5) is 12.3. The van der Waals surface area contributed by atoms with Crippen LogP contribution in [0.25, 0.3) is 11.3 Å². The molecule has 0 unspecified atom stereocenters. The van der Waals surface area contributed by atoms with Crippen LogP contribution < -0.4 is 0 Å². The van der Waals surface area contributed by atoms with Crippen LogP contribution in [0.3, 0.4) is 0 Å². The van der Waals surface area contributed by atoms with Gasteiger partial charge in [-0.1, -0.05) is 30.3 Å². The van der Waals surface area contributed by atoms with E-state index in [-0.39, 0.29) is 12.0 Å². The van der Waals surface area contributed by atoms with Crippen molar-refractivity contribution in [2.45, 2.75) is 45.6 Å². The fourth-order valence-electron chi connectivity index (χ4n) is 3.37. The minimum Gasteiger partial charge on any atom is -0.464 e. The van der Waals surface area contributed by atoms with Gasteiger partial charge in [-0.05, 0) is 56.7 Å². The number of rotatable bonds is 4. The van der Waals surface area contributed by atoms with E-state index < -0.39 is 0 Å². The van der Waals surface area contributed by atoms with Crippen LogP contribution in [0, 0.1) is 0 Å². The van der Waals surface area contributed by atoms with Gasteiger partial charge in [0, 0.05) is 11.4 Å². The molecule has 0 saturated carbocycles.